The Labute approximate surface area is 295 Å². The average molecular weight is 677 g/mol. The first-order valence-electron chi connectivity index (χ1n) is 17.3. The summed E-state index contributed by atoms with van der Waals surface area (Å²) in [6.45, 7) is 11.5. The summed E-state index contributed by atoms with van der Waals surface area (Å²) >= 11 is 0. The predicted molar refractivity (Wildman–Crippen MR) is 199 cm³/mol. The van der Waals surface area contributed by atoms with Crippen LogP contribution < -0.4 is 0 Å². The van der Waals surface area contributed by atoms with Crippen molar-refractivity contribution >= 4 is 33.5 Å². The van der Waals surface area contributed by atoms with Gasteiger partial charge in [-0.2, -0.15) is 0 Å². The fourth-order valence-corrected chi connectivity index (χ4v) is 7.96. The number of nitrogens with one attached hydrogen (secondary N) is 4. The number of para-hydroxylation sites is 2. The number of Topliss-reactive ketones (excluding diaryl/α,β-unsaturated/α-hetero) is 2. The number of H-pyrrole nitrogens is 4. The van der Waals surface area contributed by atoms with E-state index in [9.17, 15) is 9.59 Å². The lowest BCUT2D eigenvalue weighted by molar-refractivity contribution is 0.0989. The van der Waals surface area contributed by atoms with Crippen LogP contribution in [0.2, 0.25) is 0 Å². The number of carbonyl (C=O) groups is 2. The third-order valence-electron chi connectivity index (χ3n) is 10.2. The van der Waals surface area contributed by atoms with Gasteiger partial charge in [-0.3, -0.25) is 9.59 Å². The molecular formula is C43H40N4O4. The van der Waals surface area contributed by atoms with Crippen molar-refractivity contribution < 1.29 is 18.4 Å². The number of furan rings is 2. The molecule has 2 unspecified atom stereocenters. The molecule has 0 bridgehead atoms. The Bertz CT molecular complexity index is 2530. The highest BCUT2D eigenvalue weighted by Crippen LogP contribution is 2.40. The molecule has 8 aromatic rings. The monoisotopic (exact) mass is 676 g/mol. The van der Waals surface area contributed by atoms with E-state index in [1.807, 2.05) is 101 Å². The number of hydrogen-bond acceptors (Lipinski definition) is 4. The van der Waals surface area contributed by atoms with Gasteiger partial charge < -0.3 is 28.8 Å². The molecule has 51 heavy (non-hydrogen) atoms. The largest absolute Gasteiger partial charge is 0.460 e. The maximum absolute atomic E-state index is 14.2. The van der Waals surface area contributed by atoms with Crippen LogP contribution in [0.15, 0.2) is 93.9 Å². The zero-order valence-electron chi connectivity index (χ0n) is 29.6. The van der Waals surface area contributed by atoms with Crippen LogP contribution in [0, 0.1) is 34.6 Å². The van der Waals surface area contributed by atoms with Gasteiger partial charge in [0.25, 0.3) is 0 Å². The summed E-state index contributed by atoms with van der Waals surface area (Å²) in [7, 11) is 0. The van der Waals surface area contributed by atoms with E-state index in [1.165, 1.54) is 0 Å². The van der Waals surface area contributed by atoms with E-state index in [1.54, 1.807) is 6.92 Å². The maximum Gasteiger partial charge on any atom is 0.169 e. The molecule has 0 aliphatic rings. The topological polar surface area (TPSA) is 124 Å². The second-order valence-electron chi connectivity index (χ2n) is 13.8. The first-order valence-corrected chi connectivity index (χ1v) is 17.3. The first kappa shape index (κ1) is 32.2. The smallest absolute Gasteiger partial charge is 0.169 e. The van der Waals surface area contributed by atoms with Crippen LogP contribution in [-0.2, 0) is 6.42 Å². The van der Waals surface area contributed by atoms with E-state index in [-0.39, 0.29) is 29.8 Å². The minimum absolute atomic E-state index is 0.0131. The first-order chi connectivity index (χ1) is 24.6. The van der Waals surface area contributed by atoms with Gasteiger partial charge in [-0.25, -0.2) is 0 Å². The molecule has 2 atom stereocenters. The maximum atomic E-state index is 14.2. The second kappa shape index (κ2) is 12.4. The quantitative estimate of drug-likeness (QED) is 0.108. The Morgan fingerprint density at radius 2 is 1.20 bits per heavy atom. The zero-order chi connectivity index (χ0) is 35.6. The third kappa shape index (κ3) is 5.57. The number of rotatable bonds is 10. The van der Waals surface area contributed by atoms with E-state index >= 15 is 0 Å². The second-order valence-corrected chi connectivity index (χ2v) is 13.8. The molecular weight excluding hydrogens is 636 g/mol. The molecule has 0 saturated carbocycles. The molecule has 6 heterocycles. The van der Waals surface area contributed by atoms with Crippen molar-refractivity contribution in [1.29, 1.82) is 0 Å². The number of aromatic amines is 4. The Kier molecular flexibility index (Phi) is 7.82. The fourth-order valence-electron chi connectivity index (χ4n) is 7.96. The highest BCUT2D eigenvalue weighted by Gasteiger charge is 2.31. The van der Waals surface area contributed by atoms with E-state index in [4.69, 9.17) is 8.83 Å². The van der Waals surface area contributed by atoms with E-state index in [0.717, 1.165) is 90.0 Å². The standard InChI is InChI=1S/C43H40N4O4/c1-22-15-16-31(45-22)40(36-19-29-11-7-9-13-34(29)50-36)43-24(3)39(26(5)47-43)33(49)18-28-17-32(44-21-28)41(37-20-30-12-8-10-14-35(30)51-37)42-23(2)38(27(6)48)25(4)46-42/h7-17,19-21,40-41,44-47H,18H2,1-6H3. The van der Waals surface area contributed by atoms with E-state index in [0.29, 0.717) is 11.1 Å². The summed E-state index contributed by atoms with van der Waals surface area (Å²) in [5, 5.41) is 2.03. The van der Waals surface area contributed by atoms with Gasteiger partial charge in [0.2, 0.25) is 0 Å². The van der Waals surface area contributed by atoms with Gasteiger partial charge in [0.1, 0.15) is 22.7 Å². The Morgan fingerprint density at radius 1 is 0.647 bits per heavy atom. The van der Waals surface area contributed by atoms with Gasteiger partial charge in [0.05, 0.1) is 11.8 Å². The van der Waals surface area contributed by atoms with Gasteiger partial charge in [0.15, 0.2) is 11.6 Å². The van der Waals surface area contributed by atoms with Crippen molar-refractivity contribution in [3.05, 3.63) is 164 Å². The van der Waals surface area contributed by atoms with Crippen molar-refractivity contribution in [2.24, 2.45) is 0 Å². The molecule has 0 aliphatic carbocycles. The van der Waals surface area contributed by atoms with Crippen LogP contribution in [0.1, 0.15) is 108 Å². The van der Waals surface area contributed by atoms with Gasteiger partial charge in [-0.05, 0) is 101 Å². The molecule has 0 aliphatic heterocycles. The molecule has 0 fully saturated rings. The van der Waals surface area contributed by atoms with Crippen LogP contribution in [0.3, 0.4) is 0 Å². The number of aromatic nitrogens is 4. The number of carbonyl (C=O) groups excluding carboxylic acids is 2. The van der Waals surface area contributed by atoms with Gasteiger partial charge in [-0.15, -0.1) is 0 Å². The van der Waals surface area contributed by atoms with Crippen molar-refractivity contribution in [3.63, 3.8) is 0 Å². The van der Waals surface area contributed by atoms with Crippen LogP contribution >= 0.6 is 0 Å². The van der Waals surface area contributed by atoms with Crippen LogP contribution in [-0.4, -0.2) is 31.5 Å². The molecule has 0 amide bonds. The lowest BCUT2D eigenvalue weighted by Gasteiger charge is -2.14. The molecule has 8 rings (SSSR count). The molecule has 0 spiro atoms. The highest BCUT2D eigenvalue weighted by atomic mass is 16.3. The van der Waals surface area contributed by atoms with Gasteiger partial charge >= 0.3 is 0 Å². The number of hydrogen-bond donors (Lipinski definition) is 4. The molecule has 4 N–H and O–H groups in total. The summed E-state index contributed by atoms with van der Waals surface area (Å²) in [4.78, 5) is 40.8. The Balaban J connectivity index is 1.15. The summed E-state index contributed by atoms with van der Waals surface area (Å²) < 4.78 is 12.8. The molecule has 0 radical (unpaired) electrons. The molecule has 6 aromatic heterocycles. The molecule has 8 nitrogen and oxygen atoms in total. The molecule has 256 valence electrons. The summed E-state index contributed by atoms with van der Waals surface area (Å²) in [5.41, 5.74) is 12.0. The van der Waals surface area contributed by atoms with Gasteiger partial charge in [0, 0.05) is 74.4 Å². The Morgan fingerprint density at radius 3 is 1.73 bits per heavy atom. The predicted octanol–water partition coefficient (Wildman–Crippen LogP) is 10.0. The zero-order valence-corrected chi connectivity index (χ0v) is 29.6. The summed E-state index contributed by atoms with van der Waals surface area (Å²) in [5.74, 6) is 0.991. The number of fused-ring (bicyclic) bond motifs is 2. The van der Waals surface area contributed by atoms with Crippen molar-refractivity contribution in [2.45, 2.75) is 59.8 Å². The summed E-state index contributed by atoms with van der Waals surface area (Å²) in [6.07, 6.45) is 2.11. The van der Waals surface area contributed by atoms with Crippen molar-refractivity contribution in [2.75, 3.05) is 0 Å². The van der Waals surface area contributed by atoms with Crippen molar-refractivity contribution in [3.8, 4) is 0 Å². The number of benzene rings is 2. The third-order valence-corrected chi connectivity index (χ3v) is 10.2. The lowest BCUT2D eigenvalue weighted by atomic mass is 9.92. The van der Waals surface area contributed by atoms with Gasteiger partial charge in [-0.1, -0.05) is 36.4 Å². The minimum atomic E-state index is -0.343. The van der Waals surface area contributed by atoms with E-state index in [2.05, 4.69) is 38.1 Å². The lowest BCUT2D eigenvalue weighted by Crippen LogP contribution is -2.08. The number of aryl methyl sites for hydroxylation is 3. The Hall–Kier alpha value is -6.02. The average Bonchev–Trinajstić information content (AvgIpc) is 3.94. The number of ketones is 2. The highest BCUT2D eigenvalue weighted by molar-refractivity contribution is 6.00. The normalized spacial score (nSPS) is 13.0. The molecule has 8 heteroatoms. The minimum Gasteiger partial charge on any atom is -0.460 e. The SMILES string of the molecule is CC(=O)c1c(C)[nH]c(C(c2cc(CC(=O)c3c(C)[nH]c(C(c4ccc(C)[nH]4)c4cc5ccccc5o4)c3C)c[nH]2)c2cc3ccccc3o2)c1C. The molecule has 2 aromatic carbocycles. The fraction of sp³-hybridized carbons (Fsp3) is 0.209. The van der Waals surface area contributed by atoms with E-state index < -0.39 is 0 Å². The van der Waals surface area contributed by atoms with Crippen LogP contribution in [0.25, 0.3) is 21.9 Å². The van der Waals surface area contributed by atoms with Crippen LogP contribution in [0.5, 0.6) is 0 Å². The molecule has 0 saturated heterocycles. The van der Waals surface area contributed by atoms with Crippen molar-refractivity contribution in [1.82, 2.24) is 19.9 Å². The van der Waals surface area contributed by atoms with Crippen LogP contribution in [0.4, 0.5) is 0 Å². The summed E-state index contributed by atoms with van der Waals surface area (Å²) in [6, 6.07) is 26.2.